The molecule has 0 atom stereocenters. The van der Waals surface area contributed by atoms with Crippen molar-refractivity contribution in [3.05, 3.63) is 94.1 Å². The molecule has 2 aromatic rings. The van der Waals surface area contributed by atoms with Crippen molar-refractivity contribution in [1.82, 2.24) is 0 Å². The lowest BCUT2D eigenvalue weighted by molar-refractivity contribution is 0.886. The highest BCUT2D eigenvalue weighted by atomic mass is 14.1. The average Bonchev–Trinajstić information content (AvgIpc) is 3.42. The molecule has 0 bridgehead atoms. The summed E-state index contributed by atoms with van der Waals surface area (Å²) < 4.78 is 0. The smallest absolute Gasteiger partial charge is 0.0168 e. The minimum atomic E-state index is 1.23. The number of rotatable bonds is 6. The van der Waals surface area contributed by atoms with Gasteiger partial charge in [0.15, 0.2) is 0 Å². The Morgan fingerprint density at radius 1 is 0.333 bits per heavy atom. The van der Waals surface area contributed by atoms with Crippen molar-refractivity contribution in [2.45, 2.75) is 310 Å². The number of hydrogen-bond donors (Lipinski definition) is 0. The van der Waals surface area contributed by atoms with Crippen LogP contribution in [-0.4, -0.2) is 0 Å². The lowest BCUT2D eigenvalue weighted by Gasteiger charge is -2.11. The predicted molar refractivity (Wildman–Crippen MR) is 326 cm³/mol. The highest BCUT2D eigenvalue weighted by Gasteiger charge is 2.05. The molecule has 0 saturated heterocycles. The molecule has 0 unspecified atom stereocenters. The van der Waals surface area contributed by atoms with Gasteiger partial charge in [-0.25, -0.2) is 0 Å². The molecule has 394 valence electrons. The Labute approximate surface area is 413 Å². The standard InChI is InChI=1S/C23H26.2C4H10.16C2H6/c1-17(2)23(22-15-11-19(4)12-16-22)20(5)7-6-8-21-13-9-18(3)10-14-21;2*1-3-4-2;16*1-2/h6-16H,1-5H3;2*3-4H2,1-2H3;16*1-2H3/b8-6+,20-7+;;;;;;;;;;;;;;;;;;. The maximum atomic E-state index is 2.21. The van der Waals surface area contributed by atoms with Crippen LogP contribution in [0.3, 0.4) is 0 Å². The number of aryl methyl sites for hydroxylation is 2. The number of hydrogen-bond acceptors (Lipinski definition) is 0. The summed E-state index contributed by atoms with van der Waals surface area (Å²) in [5, 5.41) is 0. The highest BCUT2D eigenvalue weighted by molar-refractivity contribution is 5.81. The molecule has 0 spiro atoms. The summed E-state index contributed by atoms with van der Waals surface area (Å²) in [7, 11) is 0. The zero-order valence-electron chi connectivity index (χ0n) is 53.7. The third-order valence-electron chi connectivity index (χ3n) is 4.95. The monoisotopic (exact) mass is 899 g/mol. The van der Waals surface area contributed by atoms with Crippen molar-refractivity contribution >= 4 is 11.6 Å². The summed E-state index contributed by atoms with van der Waals surface area (Å²) >= 11 is 0. The van der Waals surface area contributed by atoms with Crippen LogP contribution in [0.1, 0.15) is 318 Å². The second-order valence-corrected chi connectivity index (χ2v) is 8.36. The fourth-order valence-corrected chi connectivity index (χ4v) is 2.70. The topological polar surface area (TPSA) is 0 Å². The molecule has 2 rings (SSSR count). The lowest BCUT2D eigenvalue weighted by Crippen LogP contribution is -1.90. The Morgan fingerprint density at radius 2 is 0.540 bits per heavy atom. The van der Waals surface area contributed by atoms with Gasteiger partial charge >= 0.3 is 0 Å². The van der Waals surface area contributed by atoms with Gasteiger partial charge in [-0.1, -0.05) is 358 Å². The van der Waals surface area contributed by atoms with Crippen LogP contribution in [0.2, 0.25) is 0 Å². The van der Waals surface area contributed by atoms with E-state index in [4.69, 9.17) is 0 Å². The summed E-state index contributed by atoms with van der Waals surface area (Å²) in [5.41, 5.74) is 9.06. The van der Waals surface area contributed by atoms with Crippen molar-refractivity contribution in [2.75, 3.05) is 0 Å². The molecule has 0 saturated carbocycles. The van der Waals surface area contributed by atoms with Crippen molar-refractivity contribution < 1.29 is 0 Å². The molecule has 0 fully saturated rings. The van der Waals surface area contributed by atoms with E-state index in [1.165, 1.54) is 64.7 Å². The van der Waals surface area contributed by atoms with Crippen LogP contribution in [-0.2, 0) is 0 Å². The van der Waals surface area contributed by atoms with E-state index in [0.717, 1.165) is 0 Å². The number of unbranched alkanes of at least 4 members (excludes halogenated alkanes) is 2. The molecular formula is C63H142. The normalized spacial score (nSPS) is 6.78. The van der Waals surface area contributed by atoms with Crippen LogP contribution in [0.5, 0.6) is 0 Å². The van der Waals surface area contributed by atoms with Crippen LogP contribution >= 0.6 is 0 Å². The van der Waals surface area contributed by atoms with Gasteiger partial charge in [-0.3, -0.25) is 0 Å². The van der Waals surface area contributed by atoms with Crippen LogP contribution in [0.4, 0.5) is 0 Å². The largest absolute Gasteiger partial charge is 0.0683 e. The van der Waals surface area contributed by atoms with Gasteiger partial charge in [-0.2, -0.15) is 0 Å². The van der Waals surface area contributed by atoms with E-state index in [1.807, 2.05) is 222 Å². The quantitative estimate of drug-likeness (QED) is 0.254. The van der Waals surface area contributed by atoms with Crippen LogP contribution in [0.25, 0.3) is 11.6 Å². The minimum Gasteiger partial charge on any atom is -0.0683 e. The van der Waals surface area contributed by atoms with E-state index in [9.17, 15) is 0 Å². The molecule has 0 nitrogen and oxygen atoms in total. The first-order valence-corrected chi connectivity index (χ1v) is 28.0. The predicted octanol–water partition coefficient (Wildman–Crippen LogP) is 26.8. The van der Waals surface area contributed by atoms with Gasteiger partial charge in [0.2, 0.25) is 0 Å². The number of allylic oxidation sites excluding steroid dienone is 5. The zero-order valence-corrected chi connectivity index (χ0v) is 53.7. The first-order chi connectivity index (χ1) is 30.8. The van der Waals surface area contributed by atoms with Crippen molar-refractivity contribution in [3.8, 4) is 0 Å². The maximum Gasteiger partial charge on any atom is -0.0168 e. The third-order valence-corrected chi connectivity index (χ3v) is 4.95. The van der Waals surface area contributed by atoms with E-state index >= 15 is 0 Å². The lowest BCUT2D eigenvalue weighted by atomic mass is 9.94. The average molecular weight is 900 g/mol. The van der Waals surface area contributed by atoms with Crippen LogP contribution in [0.15, 0.2) is 71.8 Å². The van der Waals surface area contributed by atoms with Crippen molar-refractivity contribution in [2.24, 2.45) is 0 Å². The molecule has 63 heavy (non-hydrogen) atoms. The fourth-order valence-electron chi connectivity index (χ4n) is 2.70. The Hall–Kier alpha value is -2.34. The molecule has 0 heterocycles. The third kappa shape index (κ3) is 140. The van der Waals surface area contributed by atoms with Crippen molar-refractivity contribution in [3.63, 3.8) is 0 Å². The van der Waals surface area contributed by atoms with E-state index in [0.29, 0.717) is 0 Å². The summed E-state index contributed by atoms with van der Waals surface area (Å²) in [6.45, 7) is 83.5. The van der Waals surface area contributed by atoms with Gasteiger partial charge in [-0.15, -0.1) is 0 Å². The molecule has 0 aliphatic rings. The van der Waals surface area contributed by atoms with Crippen molar-refractivity contribution in [1.29, 1.82) is 0 Å². The second kappa shape index (κ2) is 181. The summed E-state index contributed by atoms with van der Waals surface area (Å²) in [4.78, 5) is 0. The Kier molecular flexibility index (Phi) is 326. The SMILES string of the molecule is CC.CC.CC.CC.CC.CC.CC.CC.CC.CC.CC.CC.CC.CC.CC.CC.CC(C)=C(/C(C)=C/C=C/c1ccc(C)cc1)c1ccc(C)cc1.CCCC.CCCC. The molecule has 0 aliphatic heterocycles. The van der Waals surface area contributed by atoms with Crippen LogP contribution < -0.4 is 0 Å². The van der Waals surface area contributed by atoms with E-state index < -0.39 is 0 Å². The summed E-state index contributed by atoms with van der Waals surface area (Å²) in [5.74, 6) is 0. The molecule has 0 heteroatoms. The first kappa shape index (κ1) is 113. The molecule has 0 radical (unpaired) electrons. The van der Waals surface area contributed by atoms with Gasteiger partial charge in [0.05, 0.1) is 0 Å². The van der Waals surface area contributed by atoms with Crippen LogP contribution in [0, 0.1) is 13.8 Å². The Balaban J connectivity index is -0.0000000296. The van der Waals surface area contributed by atoms with Gasteiger partial charge in [0.1, 0.15) is 0 Å². The van der Waals surface area contributed by atoms with E-state index in [-0.39, 0.29) is 0 Å². The molecule has 0 N–H and O–H groups in total. The fraction of sp³-hybridized carbons (Fsp3) is 0.714. The van der Waals surface area contributed by atoms with Gasteiger partial charge in [0.25, 0.3) is 0 Å². The maximum absolute atomic E-state index is 2.21. The second-order valence-electron chi connectivity index (χ2n) is 8.36. The minimum absolute atomic E-state index is 1.23. The summed E-state index contributed by atoms with van der Waals surface area (Å²) in [6.07, 6.45) is 11.8. The Morgan fingerprint density at radius 3 is 0.730 bits per heavy atom. The Bertz CT molecular complexity index is 784. The van der Waals surface area contributed by atoms with Gasteiger partial charge in [0, 0.05) is 0 Å². The number of benzene rings is 2. The highest BCUT2D eigenvalue weighted by Crippen LogP contribution is 2.27. The van der Waals surface area contributed by atoms with E-state index in [1.54, 1.807) is 0 Å². The zero-order chi connectivity index (χ0) is 55.6. The summed E-state index contributed by atoms with van der Waals surface area (Å²) in [6, 6.07) is 17.3. The molecular weight excluding hydrogens is 757 g/mol. The van der Waals surface area contributed by atoms with Gasteiger partial charge < -0.3 is 0 Å². The van der Waals surface area contributed by atoms with E-state index in [2.05, 4.69) is 129 Å². The van der Waals surface area contributed by atoms with Gasteiger partial charge in [-0.05, 0) is 56.9 Å². The first-order valence-electron chi connectivity index (χ1n) is 28.0. The molecule has 0 aromatic heterocycles. The molecule has 0 aliphatic carbocycles. The molecule has 2 aromatic carbocycles. The molecule has 0 amide bonds.